The summed E-state index contributed by atoms with van der Waals surface area (Å²) in [4.78, 5) is 12.7. The van der Waals surface area contributed by atoms with Crippen LogP contribution in [0.1, 0.15) is 43.6 Å². The molecule has 18 heavy (non-hydrogen) atoms. The quantitative estimate of drug-likeness (QED) is 0.855. The molecule has 0 amide bonds. The van der Waals surface area contributed by atoms with Crippen LogP contribution in [0.3, 0.4) is 0 Å². The predicted octanol–water partition coefficient (Wildman–Crippen LogP) is 2.52. The van der Waals surface area contributed by atoms with Crippen LogP contribution < -0.4 is 5.32 Å². The number of hydrogen-bond donors (Lipinski definition) is 1. The van der Waals surface area contributed by atoms with Gasteiger partial charge in [-0.3, -0.25) is 9.48 Å². The van der Waals surface area contributed by atoms with Gasteiger partial charge in [-0.15, -0.1) is 0 Å². The average molecular weight is 270 g/mol. The van der Waals surface area contributed by atoms with E-state index < -0.39 is 0 Å². The number of aromatic nitrogens is 2. The molecular weight excluding hydrogens is 250 g/mol. The summed E-state index contributed by atoms with van der Waals surface area (Å²) < 4.78 is 1.74. The second-order valence-electron chi connectivity index (χ2n) is 5.23. The third kappa shape index (κ3) is 2.45. The number of carbonyl (C=O) groups is 1. The fourth-order valence-corrected chi connectivity index (χ4v) is 2.73. The molecule has 1 unspecified atom stereocenters. The fraction of sp³-hybridized carbons (Fsp3) is 0.692. The van der Waals surface area contributed by atoms with Crippen molar-refractivity contribution in [2.24, 2.45) is 5.41 Å². The van der Waals surface area contributed by atoms with Gasteiger partial charge >= 0.3 is 0 Å². The third-order valence-electron chi connectivity index (χ3n) is 3.59. The summed E-state index contributed by atoms with van der Waals surface area (Å²) in [6.45, 7) is 6.52. The number of rotatable bonds is 4. The minimum atomic E-state index is -0.354. The van der Waals surface area contributed by atoms with Gasteiger partial charge in [0, 0.05) is 18.5 Å². The first-order chi connectivity index (χ1) is 8.58. The first-order valence-corrected chi connectivity index (χ1v) is 6.93. The standard InChI is InChI=1S/C13H20ClN3O/c1-3-7-17-11(10(14)8-16-17)12(18)13(2)5-4-6-15-9-13/h8,15H,3-7,9H2,1-2H3. The Balaban J connectivity index is 2.29. The Morgan fingerprint density at radius 2 is 2.44 bits per heavy atom. The summed E-state index contributed by atoms with van der Waals surface area (Å²) >= 11 is 6.13. The summed E-state index contributed by atoms with van der Waals surface area (Å²) in [5.41, 5.74) is 0.220. The van der Waals surface area contributed by atoms with Crippen LogP contribution in [0.25, 0.3) is 0 Å². The van der Waals surface area contributed by atoms with Gasteiger partial charge < -0.3 is 5.32 Å². The largest absolute Gasteiger partial charge is 0.316 e. The molecule has 1 aliphatic rings. The Bertz CT molecular complexity index is 435. The van der Waals surface area contributed by atoms with Gasteiger partial charge in [-0.1, -0.05) is 25.4 Å². The van der Waals surface area contributed by atoms with Crippen molar-refractivity contribution in [2.45, 2.75) is 39.7 Å². The van der Waals surface area contributed by atoms with E-state index in [-0.39, 0.29) is 11.2 Å². The highest BCUT2D eigenvalue weighted by Crippen LogP contribution is 2.32. The van der Waals surface area contributed by atoms with Crippen LogP contribution in [0.2, 0.25) is 5.02 Å². The molecule has 1 fully saturated rings. The van der Waals surface area contributed by atoms with Gasteiger partial charge in [0.05, 0.1) is 11.2 Å². The fourth-order valence-electron chi connectivity index (χ4n) is 2.51. The van der Waals surface area contributed by atoms with E-state index in [0.29, 0.717) is 10.7 Å². The molecule has 0 spiro atoms. The SMILES string of the molecule is CCCn1ncc(Cl)c1C(=O)C1(C)CCCNC1. The molecule has 0 bridgehead atoms. The average Bonchev–Trinajstić information content (AvgIpc) is 2.71. The first kappa shape index (κ1) is 13.6. The number of piperidine rings is 1. The van der Waals surface area contributed by atoms with Crippen LogP contribution >= 0.6 is 11.6 Å². The molecule has 4 nitrogen and oxygen atoms in total. The van der Waals surface area contributed by atoms with Crippen LogP contribution in [0.5, 0.6) is 0 Å². The van der Waals surface area contributed by atoms with Crippen LogP contribution in [-0.4, -0.2) is 28.7 Å². The molecule has 1 aromatic heterocycles. The molecule has 0 saturated carbocycles. The number of nitrogens with zero attached hydrogens (tertiary/aromatic N) is 2. The maximum atomic E-state index is 12.7. The highest BCUT2D eigenvalue weighted by atomic mass is 35.5. The van der Waals surface area contributed by atoms with Crippen molar-refractivity contribution in [3.8, 4) is 0 Å². The van der Waals surface area contributed by atoms with Crippen molar-refractivity contribution in [3.63, 3.8) is 0 Å². The zero-order valence-corrected chi connectivity index (χ0v) is 11.8. The second kappa shape index (κ2) is 5.41. The van der Waals surface area contributed by atoms with Gasteiger partial charge in [-0.05, 0) is 25.8 Å². The molecule has 2 heterocycles. The lowest BCUT2D eigenvalue weighted by Gasteiger charge is -2.32. The van der Waals surface area contributed by atoms with E-state index >= 15 is 0 Å². The zero-order chi connectivity index (χ0) is 13.2. The van der Waals surface area contributed by atoms with Gasteiger partial charge in [-0.25, -0.2) is 0 Å². The predicted molar refractivity (Wildman–Crippen MR) is 72.1 cm³/mol. The topological polar surface area (TPSA) is 46.9 Å². The summed E-state index contributed by atoms with van der Waals surface area (Å²) in [5.74, 6) is 0.116. The normalized spacial score (nSPS) is 24.2. The summed E-state index contributed by atoms with van der Waals surface area (Å²) in [5, 5.41) is 7.96. The maximum Gasteiger partial charge on any atom is 0.189 e. The Kier molecular flexibility index (Phi) is 4.07. The second-order valence-corrected chi connectivity index (χ2v) is 5.64. The molecule has 2 rings (SSSR count). The Morgan fingerprint density at radius 1 is 1.67 bits per heavy atom. The van der Waals surface area contributed by atoms with E-state index in [9.17, 15) is 4.79 Å². The molecule has 100 valence electrons. The maximum absolute atomic E-state index is 12.7. The Hall–Kier alpha value is -0.870. The Labute approximate surface area is 113 Å². The highest BCUT2D eigenvalue weighted by Gasteiger charge is 2.37. The monoisotopic (exact) mass is 269 g/mol. The molecule has 5 heteroatoms. The molecule has 1 atom stereocenters. The van der Waals surface area contributed by atoms with Crippen molar-refractivity contribution >= 4 is 17.4 Å². The van der Waals surface area contributed by atoms with Crippen LogP contribution in [0.15, 0.2) is 6.20 Å². The van der Waals surface area contributed by atoms with Crippen LogP contribution in [-0.2, 0) is 6.54 Å². The lowest BCUT2D eigenvalue weighted by atomic mass is 9.77. The number of hydrogen-bond acceptors (Lipinski definition) is 3. The van der Waals surface area contributed by atoms with Gasteiger partial charge in [0.1, 0.15) is 5.69 Å². The molecule has 1 N–H and O–H groups in total. The lowest BCUT2D eigenvalue weighted by molar-refractivity contribution is 0.0761. The number of ketones is 1. The van der Waals surface area contributed by atoms with Crippen molar-refractivity contribution in [2.75, 3.05) is 13.1 Å². The van der Waals surface area contributed by atoms with Gasteiger partial charge in [0.25, 0.3) is 0 Å². The molecule has 0 radical (unpaired) electrons. The zero-order valence-electron chi connectivity index (χ0n) is 11.0. The van der Waals surface area contributed by atoms with Crippen molar-refractivity contribution in [3.05, 3.63) is 16.9 Å². The van der Waals surface area contributed by atoms with Gasteiger partial charge in [-0.2, -0.15) is 5.10 Å². The first-order valence-electron chi connectivity index (χ1n) is 6.55. The molecule has 1 aliphatic heterocycles. The third-order valence-corrected chi connectivity index (χ3v) is 3.87. The highest BCUT2D eigenvalue weighted by molar-refractivity contribution is 6.33. The van der Waals surface area contributed by atoms with E-state index in [1.165, 1.54) is 0 Å². The number of nitrogens with one attached hydrogen (secondary N) is 1. The molecular formula is C13H20ClN3O. The number of carbonyl (C=O) groups excluding carboxylic acids is 1. The van der Waals surface area contributed by atoms with E-state index in [4.69, 9.17) is 11.6 Å². The van der Waals surface area contributed by atoms with E-state index in [1.807, 2.05) is 6.92 Å². The van der Waals surface area contributed by atoms with Crippen molar-refractivity contribution < 1.29 is 4.79 Å². The van der Waals surface area contributed by atoms with E-state index in [1.54, 1.807) is 10.9 Å². The lowest BCUT2D eigenvalue weighted by Crippen LogP contribution is -2.44. The number of aryl methyl sites for hydroxylation is 1. The summed E-state index contributed by atoms with van der Waals surface area (Å²) in [6.07, 6.45) is 4.45. The summed E-state index contributed by atoms with van der Waals surface area (Å²) in [7, 11) is 0. The van der Waals surface area contributed by atoms with Crippen molar-refractivity contribution in [1.82, 2.24) is 15.1 Å². The van der Waals surface area contributed by atoms with Gasteiger partial charge in [0.15, 0.2) is 5.78 Å². The van der Waals surface area contributed by atoms with Crippen LogP contribution in [0, 0.1) is 5.41 Å². The molecule has 1 saturated heterocycles. The number of halogens is 1. The minimum absolute atomic E-state index is 0.116. The minimum Gasteiger partial charge on any atom is -0.316 e. The molecule has 0 aromatic carbocycles. The summed E-state index contributed by atoms with van der Waals surface area (Å²) in [6, 6.07) is 0. The van der Waals surface area contributed by atoms with Gasteiger partial charge in [0.2, 0.25) is 0 Å². The molecule has 0 aliphatic carbocycles. The van der Waals surface area contributed by atoms with Crippen LogP contribution in [0.4, 0.5) is 0 Å². The number of Topliss-reactive ketones (excluding diaryl/α,β-unsaturated/α-hetero) is 1. The van der Waals surface area contributed by atoms with E-state index in [0.717, 1.165) is 38.9 Å². The van der Waals surface area contributed by atoms with E-state index in [2.05, 4.69) is 17.3 Å². The van der Waals surface area contributed by atoms with Crippen molar-refractivity contribution in [1.29, 1.82) is 0 Å². The smallest absolute Gasteiger partial charge is 0.189 e. The Morgan fingerprint density at radius 3 is 3.06 bits per heavy atom. The molecule has 1 aromatic rings.